The number of rotatable bonds is 3. The molecular weight excluding hydrogens is 184 g/mol. The first-order valence-corrected chi connectivity index (χ1v) is 5.92. The first kappa shape index (κ1) is 10.5. The molecule has 0 fully saturated rings. The van der Waals surface area contributed by atoms with Gasteiger partial charge in [-0.2, -0.15) is 0 Å². The molecule has 0 amide bonds. The summed E-state index contributed by atoms with van der Waals surface area (Å²) in [5, 5.41) is 3.40. The van der Waals surface area contributed by atoms with E-state index < -0.39 is 0 Å². The maximum absolute atomic E-state index is 3.40. The lowest BCUT2D eigenvalue weighted by Gasteiger charge is -2.24. The Labute approximate surface area is 92.3 Å². The summed E-state index contributed by atoms with van der Waals surface area (Å²) < 4.78 is 0. The molecule has 2 rings (SSSR count). The van der Waals surface area contributed by atoms with Gasteiger partial charge in [-0.1, -0.05) is 6.07 Å². The molecule has 0 radical (unpaired) electrons. The maximum Gasteiger partial charge on any atom is 0.0368 e. The van der Waals surface area contributed by atoms with Crippen molar-refractivity contribution in [1.29, 1.82) is 0 Å². The van der Waals surface area contributed by atoms with E-state index >= 15 is 0 Å². The minimum atomic E-state index is 1.04. The number of anilines is 1. The standard InChI is InChI=1S/C13H20N2/c1-3-15(4-2)13-6-5-12-10-14-8-7-11(12)9-13/h5-6,9,14H,3-4,7-8,10H2,1-2H3. The first-order chi connectivity index (χ1) is 7.35. The average Bonchev–Trinajstić information content (AvgIpc) is 2.30. The van der Waals surface area contributed by atoms with Gasteiger partial charge in [0.05, 0.1) is 0 Å². The molecule has 1 aliphatic rings. The molecule has 2 nitrogen and oxygen atoms in total. The molecule has 0 atom stereocenters. The normalized spacial score (nSPS) is 14.8. The van der Waals surface area contributed by atoms with Gasteiger partial charge in [-0.05, 0) is 50.1 Å². The zero-order valence-corrected chi connectivity index (χ0v) is 9.71. The van der Waals surface area contributed by atoms with Crippen molar-refractivity contribution in [3.05, 3.63) is 29.3 Å². The van der Waals surface area contributed by atoms with Gasteiger partial charge in [0.2, 0.25) is 0 Å². The Balaban J connectivity index is 2.27. The molecule has 0 bridgehead atoms. The van der Waals surface area contributed by atoms with Crippen molar-refractivity contribution in [2.45, 2.75) is 26.8 Å². The number of hydrogen-bond donors (Lipinski definition) is 1. The highest BCUT2D eigenvalue weighted by atomic mass is 15.1. The molecule has 1 aromatic rings. The number of nitrogens with zero attached hydrogens (tertiary/aromatic N) is 1. The van der Waals surface area contributed by atoms with Gasteiger partial charge in [-0.25, -0.2) is 0 Å². The van der Waals surface area contributed by atoms with Gasteiger partial charge < -0.3 is 10.2 Å². The topological polar surface area (TPSA) is 15.3 Å². The van der Waals surface area contributed by atoms with Gasteiger partial charge in [0.15, 0.2) is 0 Å². The van der Waals surface area contributed by atoms with Gasteiger partial charge in [0, 0.05) is 25.3 Å². The van der Waals surface area contributed by atoms with E-state index in [0.29, 0.717) is 0 Å². The number of fused-ring (bicyclic) bond motifs is 1. The van der Waals surface area contributed by atoms with Crippen LogP contribution in [0.3, 0.4) is 0 Å². The summed E-state index contributed by atoms with van der Waals surface area (Å²) in [4.78, 5) is 2.41. The fourth-order valence-electron chi connectivity index (χ4n) is 2.25. The van der Waals surface area contributed by atoms with Crippen molar-refractivity contribution in [2.24, 2.45) is 0 Å². The van der Waals surface area contributed by atoms with Crippen LogP contribution in [0.25, 0.3) is 0 Å². The third-order valence-corrected chi connectivity index (χ3v) is 3.21. The first-order valence-electron chi connectivity index (χ1n) is 5.92. The van der Waals surface area contributed by atoms with Crippen LogP contribution in [0.2, 0.25) is 0 Å². The molecule has 15 heavy (non-hydrogen) atoms. The predicted molar refractivity (Wildman–Crippen MR) is 65.4 cm³/mol. The van der Waals surface area contributed by atoms with Gasteiger partial charge in [0.1, 0.15) is 0 Å². The third kappa shape index (κ3) is 2.15. The second-order valence-electron chi connectivity index (χ2n) is 4.05. The Morgan fingerprint density at radius 1 is 1.20 bits per heavy atom. The molecule has 0 spiro atoms. The van der Waals surface area contributed by atoms with Gasteiger partial charge >= 0.3 is 0 Å². The van der Waals surface area contributed by atoms with Crippen molar-refractivity contribution >= 4 is 5.69 Å². The highest BCUT2D eigenvalue weighted by Crippen LogP contribution is 2.21. The number of nitrogens with one attached hydrogen (secondary N) is 1. The van der Waals surface area contributed by atoms with E-state index in [1.54, 1.807) is 0 Å². The summed E-state index contributed by atoms with van der Waals surface area (Å²) >= 11 is 0. The molecule has 1 aliphatic heterocycles. The van der Waals surface area contributed by atoms with E-state index in [4.69, 9.17) is 0 Å². The smallest absolute Gasteiger partial charge is 0.0368 e. The quantitative estimate of drug-likeness (QED) is 0.812. The molecule has 1 aromatic carbocycles. The zero-order valence-electron chi connectivity index (χ0n) is 9.71. The fraction of sp³-hybridized carbons (Fsp3) is 0.538. The van der Waals surface area contributed by atoms with Crippen LogP contribution in [0.4, 0.5) is 5.69 Å². The average molecular weight is 204 g/mol. The van der Waals surface area contributed by atoms with Crippen LogP contribution >= 0.6 is 0 Å². The summed E-state index contributed by atoms with van der Waals surface area (Å²) in [6.07, 6.45) is 1.17. The van der Waals surface area contributed by atoms with Gasteiger partial charge in [0.25, 0.3) is 0 Å². The van der Waals surface area contributed by atoms with E-state index in [1.165, 1.54) is 23.2 Å². The van der Waals surface area contributed by atoms with Crippen molar-refractivity contribution < 1.29 is 0 Å². The molecule has 2 heteroatoms. The van der Waals surface area contributed by atoms with Crippen molar-refractivity contribution in [3.63, 3.8) is 0 Å². The largest absolute Gasteiger partial charge is 0.372 e. The van der Waals surface area contributed by atoms with E-state index in [-0.39, 0.29) is 0 Å². The van der Waals surface area contributed by atoms with E-state index in [1.807, 2.05) is 0 Å². The van der Waals surface area contributed by atoms with E-state index in [9.17, 15) is 0 Å². The lowest BCUT2D eigenvalue weighted by molar-refractivity contribution is 0.643. The van der Waals surface area contributed by atoms with Crippen LogP contribution in [0.15, 0.2) is 18.2 Å². The lowest BCUT2D eigenvalue weighted by atomic mass is 10.00. The molecule has 1 heterocycles. The second-order valence-corrected chi connectivity index (χ2v) is 4.05. The van der Waals surface area contributed by atoms with Crippen LogP contribution < -0.4 is 10.2 Å². The van der Waals surface area contributed by atoms with Gasteiger partial charge in [-0.3, -0.25) is 0 Å². The molecule has 0 aromatic heterocycles. The molecule has 0 saturated heterocycles. The summed E-state index contributed by atoms with van der Waals surface area (Å²) in [6, 6.07) is 6.89. The summed E-state index contributed by atoms with van der Waals surface area (Å²) in [5.74, 6) is 0. The Morgan fingerprint density at radius 3 is 2.73 bits per heavy atom. The second kappa shape index (κ2) is 4.67. The van der Waals surface area contributed by atoms with Crippen molar-refractivity contribution in [2.75, 3.05) is 24.5 Å². The SMILES string of the molecule is CCN(CC)c1ccc2c(c1)CCNC2. The molecule has 0 saturated carbocycles. The highest BCUT2D eigenvalue weighted by molar-refractivity contribution is 5.51. The van der Waals surface area contributed by atoms with E-state index in [0.717, 1.165) is 26.2 Å². The summed E-state index contributed by atoms with van der Waals surface area (Å²) in [6.45, 7) is 8.76. The Morgan fingerprint density at radius 2 is 2.00 bits per heavy atom. The Hall–Kier alpha value is -1.02. The molecule has 1 N–H and O–H groups in total. The number of benzene rings is 1. The highest BCUT2D eigenvalue weighted by Gasteiger charge is 2.10. The van der Waals surface area contributed by atoms with Crippen LogP contribution in [-0.2, 0) is 13.0 Å². The Kier molecular flexibility index (Phi) is 3.27. The molecule has 0 unspecified atom stereocenters. The number of hydrogen-bond acceptors (Lipinski definition) is 2. The summed E-state index contributed by atoms with van der Waals surface area (Å²) in [5.41, 5.74) is 4.37. The maximum atomic E-state index is 3.40. The van der Waals surface area contributed by atoms with E-state index in [2.05, 4.69) is 42.3 Å². The molecule has 82 valence electrons. The lowest BCUT2D eigenvalue weighted by Crippen LogP contribution is -2.25. The minimum absolute atomic E-state index is 1.04. The van der Waals surface area contributed by atoms with Crippen LogP contribution in [0.1, 0.15) is 25.0 Å². The van der Waals surface area contributed by atoms with Crippen LogP contribution in [0, 0.1) is 0 Å². The molecular formula is C13H20N2. The molecule has 0 aliphatic carbocycles. The summed E-state index contributed by atoms with van der Waals surface area (Å²) in [7, 11) is 0. The monoisotopic (exact) mass is 204 g/mol. The van der Waals surface area contributed by atoms with Crippen LogP contribution in [-0.4, -0.2) is 19.6 Å². The predicted octanol–water partition coefficient (Wildman–Crippen LogP) is 2.18. The minimum Gasteiger partial charge on any atom is -0.372 e. The van der Waals surface area contributed by atoms with Crippen molar-refractivity contribution in [3.8, 4) is 0 Å². The third-order valence-electron chi connectivity index (χ3n) is 3.21. The zero-order chi connectivity index (χ0) is 10.7. The van der Waals surface area contributed by atoms with Gasteiger partial charge in [-0.15, -0.1) is 0 Å². The van der Waals surface area contributed by atoms with Crippen LogP contribution in [0.5, 0.6) is 0 Å². The fourth-order valence-corrected chi connectivity index (χ4v) is 2.25. The Bertz CT molecular complexity index is 329. The van der Waals surface area contributed by atoms with Crippen molar-refractivity contribution in [1.82, 2.24) is 5.32 Å².